The molecule has 1 aromatic heterocycles. The number of H-pyrrole nitrogens is 1. The molecule has 2 heterocycles. The molecule has 1 atom stereocenters. The molecule has 1 aliphatic heterocycles. The smallest absolute Gasteiger partial charge is 0.324 e. The highest BCUT2D eigenvalue weighted by atomic mass is 35.5. The van der Waals surface area contributed by atoms with E-state index in [4.69, 9.17) is 11.6 Å². The van der Waals surface area contributed by atoms with Crippen LogP contribution in [0, 0.1) is 0 Å². The minimum Gasteiger partial charge on any atom is -0.361 e. The maximum absolute atomic E-state index is 12.5. The number of urea groups is 1. The van der Waals surface area contributed by atoms with E-state index in [0.29, 0.717) is 17.9 Å². The van der Waals surface area contributed by atoms with Crippen molar-refractivity contribution >= 4 is 40.3 Å². The number of benzene rings is 1. The van der Waals surface area contributed by atoms with E-state index in [2.05, 4.69) is 15.6 Å². The molecule has 0 bridgehead atoms. The van der Waals surface area contributed by atoms with E-state index in [1.165, 1.54) is 4.90 Å². The molecule has 4 amide bonds. The summed E-state index contributed by atoms with van der Waals surface area (Å²) in [4.78, 5) is 40.8. The van der Waals surface area contributed by atoms with Crippen LogP contribution in [-0.2, 0) is 16.0 Å². The van der Waals surface area contributed by atoms with Crippen molar-refractivity contribution in [2.75, 3.05) is 6.54 Å². The third kappa shape index (κ3) is 4.42. The number of nitrogens with one attached hydrogen (secondary N) is 3. The second kappa shape index (κ2) is 8.00. The van der Waals surface area contributed by atoms with Gasteiger partial charge in [-0.2, -0.15) is 0 Å². The fraction of sp³-hybridized carbons (Fsp3) is 0.421. The van der Waals surface area contributed by atoms with Gasteiger partial charge in [-0.1, -0.05) is 11.6 Å². The van der Waals surface area contributed by atoms with Crippen LogP contribution in [0.1, 0.15) is 32.3 Å². The predicted molar refractivity (Wildman–Crippen MR) is 104 cm³/mol. The summed E-state index contributed by atoms with van der Waals surface area (Å²) in [5.74, 6) is -0.406. The quantitative estimate of drug-likeness (QED) is 0.634. The molecule has 3 rings (SSSR count). The monoisotopic (exact) mass is 390 g/mol. The molecule has 0 unspecified atom stereocenters. The van der Waals surface area contributed by atoms with E-state index in [1.54, 1.807) is 0 Å². The fourth-order valence-electron chi connectivity index (χ4n) is 3.24. The zero-order valence-electron chi connectivity index (χ0n) is 15.3. The van der Waals surface area contributed by atoms with Gasteiger partial charge in [-0.15, -0.1) is 0 Å². The maximum Gasteiger partial charge on any atom is 0.324 e. The first kappa shape index (κ1) is 19.2. The van der Waals surface area contributed by atoms with E-state index >= 15 is 0 Å². The van der Waals surface area contributed by atoms with Crippen LogP contribution in [0.5, 0.6) is 0 Å². The number of carbonyl (C=O) groups excluding carboxylic acids is 3. The Bertz CT molecular complexity index is 877. The van der Waals surface area contributed by atoms with Gasteiger partial charge in [-0.25, -0.2) is 4.79 Å². The number of amides is 4. The molecule has 144 valence electrons. The van der Waals surface area contributed by atoms with Crippen LogP contribution in [0.3, 0.4) is 0 Å². The molecule has 8 heteroatoms. The lowest BCUT2D eigenvalue weighted by atomic mass is 10.1. The zero-order valence-corrected chi connectivity index (χ0v) is 16.1. The molecule has 1 aliphatic rings. The van der Waals surface area contributed by atoms with Crippen molar-refractivity contribution in [3.63, 3.8) is 0 Å². The third-order valence-corrected chi connectivity index (χ3v) is 4.79. The molecule has 0 saturated carbocycles. The first-order valence-corrected chi connectivity index (χ1v) is 9.39. The lowest BCUT2D eigenvalue weighted by Gasteiger charge is -2.13. The van der Waals surface area contributed by atoms with Crippen molar-refractivity contribution in [2.24, 2.45) is 0 Å². The van der Waals surface area contributed by atoms with E-state index in [1.807, 2.05) is 38.2 Å². The van der Waals surface area contributed by atoms with Crippen LogP contribution >= 0.6 is 11.6 Å². The van der Waals surface area contributed by atoms with Gasteiger partial charge in [0.25, 0.3) is 5.91 Å². The number of aromatic amines is 1. The second-order valence-electron chi connectivity index (χ2n) is 7.01. The first-order valence-electron chi connectivity index (χ1n) is 9.02. The number of hydrogen-bond acceptors (Lipinski definition) is 3. The molecule has 3 N–H and O–H groups in total. The Kier molecular flexibility index (Phi) is 5.70. The van der Waals surface area contributed by atoms with Crippen LogP contribution in [-0.4, -0.2) is 46.4 Å². The highest BCUT2D eigenvalue weighted by Gasteiger charge is 2.37. The van der Waals surface area contributed by atoms with Crippen LogP contribution in [0.15, 0.2) is 24.4 Å². The Labute approximate surface area is 162 Å². The van der Waals surface area contributed by atoms with Crippen molar-refractivity contribution in [3.05, 3.63) is 35.0 Å². The molecule has 1 aromatic carbocycles. The molecular formula is C19H23ClN4O3. The summed E-state index contributed by atoms with van der Waals surface area (Å²) >= 11 is 6.06. The highest BCUT2D eigenvalue weighted by Crippen LogP contribution is 2.23. The molecule has 0 spiro atoms. The van der Waals surface area contributed by atoms with Gasteiger partial charge in [0.1, 0.15) is 6.04 Å². The van der Waals surface area contributed by atoms with Crippen molar-refractivity contribution in [3.8, 4) is 0 Å². The number of rotatable bonds is 7. The number of carbonyl (C=O) groups is 3. The van der Waals surface area contributed by atoms with Crippen LogP contribution in [0.25, 0.3) is 10.9 Å². The first-order chi connectivity index (χ1) is 12.8. The van der Waals surface area contributed by atoms with Gasteiger partial charge in [-0.3, -0.25) is 14.5 Å². The van der Waals surface area contributed by atoms with Crippen molar-refractivity contribution in [2.45, 2.75) is 45.2 Å². The number of nitrogens with zero attached hydrogens (tertiary/aromatic N) is 1. The SMILES string of the molecule is CC(C)NC(=O)CC[C@@H]1NC(=O)N(CCc2c[nH]c3ccc(Cl)cc23)C1=O. The van der Waals surface area contributed by atoms with Gasteiger partial charge in [-0.05, 0) is 50.5 Å². The van der Waals surface area contributed by atoms with E-state index in [9.17, 15) is 14.4 Å². The van der Waals surface area contributed by atoms with E-state index in [0.717, 1.165) is 16.5 Å². The average Bonchev–Trinajstić information content (AvgIpc) is 3.11. The summed E-state index contributed by atoms with van der Waals surface area (Å²) in [6.07, 6.45) is 2.89. The third-order valence-electron chi connectivity index (χ3n) is 4.55. The molecule has 0 aliphatic carbocycles. The Morgan fingerprint density at radius 1 is 1.33 bits per heavy atom. The van der Waals surface area contributed by atoms with Crippen molar-refractivity contribution in [1.29, 1.82) is 0 Å². The van der Waals surface area contributed by atoms with Crippen LogP contribution in [0.2, 0.25) is 5.02 Å². The summed E-state index contributed by atoms with van der Waals surface area (Å²) in [7, 11) is 0. The standard InChI is InChI=1S/C19H23ClN4O3/c1-11(2)22-17(25)6-5-16-18(26)24(19(27)23-16)8-7-12-10-21-15-4-3-13(20)9-14(12)15/h3-4,9-11,16,21H,5-8H2,1-2H3,(H,22,25)(H,23,27)/t16-/m0/s1. The van der Waals surface area contributed by atoms with E-state index in [-0.39, 0.29) is 30.8 Å². The second-order valence-corrected chi connectivity index (χ2v) is 7.44. The fourth-order valence-corrected chi connectivity index (χ4v) is 3.42. The number of fused-ring (bicyclic) bond motifs is 1. The normalized spacial score (nSPS) is 17.0. The Morgan fingerprint density at radius 3 is 2.85 bits per heavy atom. The maximum atomic E-state index is 12.5. The molecular weight excluding hydrogens is 368 g/mol. The molecule has 0 radical (unpaired) electrons. The predicted octanol–water partition coefficient (Wildman–Crippen LogP) is 2.59. The van der Waals surface area contributed by atoms with Crippen LogP contribution < -0.4 is 10.6 Å². The largest absolute Gasteiger partial charge is 0.361 e. The number of halogens is 1. The Balaban J connectivity index is 1.58. The lowest BCUT2D eigenvalue weighted by molar-refractivity contribution is -0.127. The zero-order chi connectivity index (χ0) is 19.6. The van der Waals surface area contributed by atoms with Gasteiger partial charge < -0.3 is 15.6 Å². The molecule has 1 saturated heterocycles. The van der Waals surface area contributed by atoms with Gasteiger partial charge in [0.2, 0.25) is 5.91 Å². The van der Waals surface area contributed by atoms with Gasteiger partial charge >= 0.3 is 6.03 Å². The highest BCUT2D eigenvalue weighted by molar-refractivity contribution is 6.31. The summed E-state index contributed by atoms with van der Waals surface area (Å²) in [5, 5.41) is 7.07. The number of imide groups is 1. The topological polar surface area (TPSA) is 94.3 Å². The van der Waals surface area contributed by atoms with Crippen molar-refractivity contribution < 1.29 is 14.4 Å². The summed E-state index contributed by atoms with van der Waals surface area (Å²) in [6.45, 7) is 4.03. The molecule has 1 fully saturated rings. The Morgan fingerprint density at radius 2 is 2.11 bits per heavy atom. The van der Waals surface area contributed by atoms with E-state index < -0.39 is 12.1 Å². The van der Waals surface area contributed by atoms with Gasteiger partial charge in [0, 0.05) is 41.1 Å². The minimum absolute atomic E-state index is 0.0487. The summed E-state index contributed by atoms with van der Waals surface area (Å²) in [6, 6.07) is 4.56. The van der Waals surface area contributed by atoms with Crippen LogP contribution in [0.4, 0.5) is 4.79 Å². The Hall–Kier alpha value is -2.54. The lowest BCUT2D eigenvalue weighted by Crippen LogP contribution is -2.35. The summed E-state index contributed by atoms with van der Waals surface area (Å²) in [5.41, 5.74) is 1.95. The average molecular weight is 391 g/mol. The molecule has 7 nitrogen and oxygen atoms in total. The molecule has 27 heavy (non-hydrogen) atoms. The summed E-state index contributed by atoms with van der Waals surface area (Å²) < 4.78 is 0. The van der Waals surface area contributed by atoms with Gasteiger partial charge in [0.15, 0.2) is 0 Å². The minimum atomic E-state index is -0.646. The van der Waals surface area contributed by atoms with Gasteiger partial charge in [0.05, 0.1) is 0 Å². The van der Waals surface area contributed by atoms with Crippen molar-refractivity contribution in [1.82, 2.24) is 20.5 Å². The number of aromatic nitrogens is 1. The number of hydrogen-bond donors (Lipinski definition) is 3. The molecule has 2 aromatic rings.